The zero-order valence-corrected chi connectivity index (χ0v) is 23.8. The number of fused-ring (bicyclic) bond motifs is 1. The van der Waals surface area contributed by atoms with E-state index in [4.69, 9.17) is 0 Å². The number of aryl methyl sites for hydroxylation is 2. The Labute approximate surface area is 234 Å². The molecule has 204 valence electrons. The molecular formula is C32H38N4O2S. The Hall–Kier alpha value is -3.55. The minimum atomic E-state index is -1.32. The molecule has 2 aromatic carbocycles. The molecule has 0 bridgehead atoms. The summed E-state index contributed by atoms with van der Waals surface area (Å²) >= 11 is 0. The predicted molar refractivity (Wildman–Crippen MR) is 159 cm³/mol. The Morgan fingerprint density at radius 1 is 1.18 bits per heavy atom. The van der Waals surface area contributed by atoms with E-state index in [0.717, 1.165) is 41.2 Å². The first kappa shape index (κ1) is 28.5. The average molecular weight is 543 g/mol. The normalized spacial score (nSPS) is 17.1. The van der Waals surface area contributed by atoms with Crippen LogP contribution in [-0.4, -0.2) is 19.7 Å². The van der Waals surface area contributed by atoms with Gasteiger partial charge in [0, 0.05) is 37.6 Å². The molecule has 7 heteroatoms. The SMILES string of the molecule is C\C=C/C=C\C=C\C(C)CC(=O)N(Cc1nccn1C)c1ccc2c(c1)C(NS(=O)c1ccccc1)CCC2. The highest BCUT2D eigenvalue weighted by atomic mass is 32.2. The van der Waals surface area contributed by atoms with E-state index in [2.05, 4.69) is 34.8 Å². The van der Waals surface area contributed by atoms with E-state index in [1.165, 1.54) is 5.56 Å². The van der Waals surface area contributed by atoms with Gasteiger partial charge in [-0.25, -0.2) is 13.9 Å². The maximum Gasteiger partial charge on any atom is 0.227 e. The van der Waals surface area contributed by atoms with Crippen LogP contribution < -0.4 is 9.62 Å². The van der Waals surface area contributed by atoms with Gasteiger partial charge in [0.25, 0.3) is 0 Å². The zero-order chi connectivity index (χ0) is 27.6. The Balaban J connectivity index is 1.59. The number of nitrogens with one attached hydrogen (secondary N) is 1. The molecule has 6 nitrogen and oxygen atoms in total. The molecule has 1 aliphatic rings. The van der Waals surface area contributed by atoms with Gasteiger partial charge >= 0.3 is 0 Å². The average Bonchev–Trinajstić information content (AvgIpc) is 3.36. The fraction of sp³-hybridized carbons (Fsp3) is 0.312. The molecule has 4 rings (SSSR count). The minimum Gasteiger partial charge on any atom is -0.337 e. The molecule has 1 N–H and O–H groups in total. The number of imidazole rings is 1. The maximum atomic E-state index is 13.7. The number of hydrogen-bond donors (Lipinski definition) is 1. The summed E-state index contributed by atoms with van der Waals surface area (Å²) in [5.41, 5.74) is 3.19. The lowest BCUT2D eigenvalue weighted by Gasteiger charge is -2.29. The number of carbonyl (C=O) groups is 1. The molecule has 1 aliphatic carbocycles. The number of allylic oxidation sites excluding steroid dienone is 6. The second kappa shape index (κ2) is 14.0. The topological polar surface area (TPSA) is 67.2 Å². The van der Waals surface area contributed by atoms with E-state index in [1.54, 1.807) is 6.20 Å². The summed E-state index contributed by atoms with van der Waals surface area (Å²) in [6.45, 7) is 4.42. The van der Waals surface area contributed by atoms with Crippen LogP contribution in [0.4, 0.5) is 5.69 Å². The van der Waals surface area contributed by atoms with Crippen molar-refractivity contribution >= 4 is 22.6 Å². The second-order valence-corrected chi connectivity index (χ2v) is 11.2. The molecule has 0 aliphatic heterocycles. The van der Waals surface area contributed by atoms with Gasteiger partial charge in [-0.2, -0.15) is 0 Å². The van der Waals surface area contributed by atoms with Crippen LogP contribution in [0.1, 0.15) is 56.1 Å². The van der Waals surface area contributed by atoms with Crippen molar-refractivity contribution in [1.29, 1.82) is 0 Å². The van der Waals surface area contributed by atoms with E-state index >= 15 is 0 Å². The lowest BCUT2D eigenvalue weighted by Crippen LogP contribution is -2.33. The van der Waals surface area contributed by atoms with Crippen LogP contribution in [0, 0.1) is 5.92 Å². The number of anilines is 1. The molecule has 0 fully saturated rings. The molecule has 0 saturated carbocycles. The molecule has 39 heavy (non-hydrogen) atoms. The molecule has 0 saturated heterocycles. The first-order valence-electron chi connectivity index (χ1n) is 13.5. The number of nitrogens with zero attached hydrogens (tertiary/aromatic N) is 3. The minimum absolute atomic E-state index is 0.0423. The quantitative estimate of drug-likeness (QED) is 0.287. The highest BCUT2D eigenvalue weighted by Crippen LogP contribution is 2.34. The van der Waals surface area contributed by atoms with Gasteiger partial charge in [-0.1, -0.05) is 67.6 Å². The summed E-state index contributed by atoms with van der Waals surface area (Å²) in [7, 11) is 0.625. The summed E-state index contributed by atoms with van der Waals surface area (Å²) in [5.74, 6) is 0.941. The van der Waals surface area contributed by atoms with Crippen molar-refractivity contribution in [3.63, 3.8) is 0 Å². The van der Waals surface area contributed by atoms with Crippen molar-refractivity contribution in [1.82, 2.24) is 14.3 Å². The highest BCUT2D eigenvalue weighted by molar-refractivity contribution is 7.83. The summed E-state index contributed by atoms with van der Waals surface area (Å²) in [4.78, 5) is 20.8. The van der Waals surface area contributed by atoms with Crippen molar-refractivity contribution < 1.29 is 9.00 Å². The highest BCUT2D eigenvalue weighted by Gasteiger charge is 2.26. The summed E-state index contributed by atoms with van der Waals surface area (Å²) in [6.07, 6.45) is 18.9. The molecule has 1 heterocycles. The third kappa shape index (κ3) is 7.74. The third-order valence-electron chi connectivity index (χ3n) is 6.95. The largest absolute Gasteiger partial charge is 0.337 e. The second-order valence-electron chi connectivity index (χ2n) is 9.94. The fourth-order valence-corrected chi connectivity index (χ4v) is 5.82. The van der Waals surface area contributed by atoms with Gasteiger partial charge in [-0.3, -0.25) is 4.79 Å². The van der Waals surface area contributed by atoms with Crippen LogP contribution in [0.5, 0.6) is 0 Å². The molecule has 0 radical (unpaired) electrons. The summed E-state index contributed by atoms with van der Waals surface area (Å²) < 4.78 is 18.4. The van der Waals surface area contributed by atoms with E-state index in [-0.39, 0.29) is 17.9 Å². The van der Waals surface area contributed by atoms with Crippen LogP contribution >= 0.6 is 0 Å². The van der Waals surface area contributed by atoms with Gasteiger partial charge in [0.15, 0.2) is 0 Å². The van der Waals surface area contributed by atoms with Crippen LogP contribution in [-0.2, 0) is 35.8 Å². The number of carbonyl (C=O) groups excluding carboxylic acids is 1. The Morgan fingerprint density at radius 2 is 1.97 bits per heavy atom. The molecule has 3 atom stereocenters. The summed E-state index contributed by atoms with van der Waals surface area (Å²) in [5, 5.41) is 0. The Bertz CT molecular complexity index is 1360. The van der Waals surface area contributed by atoms with E-state index in [9.17, 15) is 9.00 Å². The zero-order valence-electron chi connectivity index (χ0n) is 23.0. The monoisotopic (exact) mass is 542 g/mol. The van der Waals surface area contributed by atoms with E-state index in [0.29, 0.717) is 13.0 Å². The fourth-order valence-electron chi connectivity index (χ4n) is 4.78. The molecule has 0 spiro atoms. The van der Waals surface area contributed by atoms with Crippen molar-refractivity contribution in [3.05, 3.63) is 114 Å². The van der Waals surface area contributed by atoms with Crippen molar-refractivity contribution in [2.45, 2.75) is 57.0 Å². The first-order valence-corrected chi connectivity index (χ1v) is 14.7. The van der Waals surface area contributed by atoms with Crippen LogP contribution in [0.3, 0.4) is 0 Å². The smallest absolute Gasteiger partial charge is 0.227 e. The maximum absolute atomic E-state index is 13.7. The molecule has 1 amide bonds. The lowest BCUT2D eigenvalue weighted by atomic mass is 9.87. The molecule has 3 aromatic rings. The lowest BCUT2D eigenvalue weighted by molar-refractivity contribution is -0.119. The standard InChI is InChI=1S/C32H38N4O2S/c1-4-5-6-7-9-13-25(2)22-32(37)36(24-31-33-20-21-35(31)3)27-19-18-26-14-12-17-30(29(26)23-27)34-39(38)28-15-10-8-11-16-28/h4-11,13,15-16,18-21,23,25,30,34H,12,14,17,22,24H2,1-3H3/b5-4-,7-6-,13-9+. The van der Waals surface area contributed by atoms with Gasteiger partial charge < -0.3 is 9.47 Å². The van der Waals surface area contributed by atoms with Gasteiger partial charge in [0.1, 0.15) is 16.8 Å². The van der Waals surface area contributed by atoms with Gasteiger partial charge in [0.2, 0.25) is 5.91 Å². The number of benzene rings is 2. The van der Waals surface area contributed by atoms with Crippen LogP contribution in [0.15, 0.2) is 102 Å². The first-order chi connectivity index (χ1) is 19.0. The molecule has 3 unspecified atom stereocenters. The van der Waals surface area contributed by atoms with Gasteiger partial charge in [-0.05, 0) is 67.5 Å². The van der Waals surface area contributed by atoms with Crippen molar-refractivity contribution in [2.24, 2.45) is 13.0 Å². The molecular weight excluding hydrogens is 504 g/mol. The van der Waals surface area contributed by atoms with Crippen LogP contribution in [0.25, 0.3) is 0 Å². The van der Waals surface area contributed by atoms with Crippen molar-refractivity contribution in [2.75, 3.05) is 4.90 Å². The molecule has 1 aromatic heterocycles. The number of rotatable bonds is 11. The van der Waals surface area contributed by atoms with Gasteiger partial charge in [0.05, 0.1) is 11.4 Å². The van der Waals surface area contributed by atoms with Crippen LogP contribution in [0.2, 0.25) is 0 Å². The third-order valence-corrected chi connectivity index (χ3v) is 8.14. The van der Waals surface area contributed by atoms with Crippen molar-refractivity contribution in [3.8, 4) is 0 Å². The van der Waals surface area contributed by atoms with Gasteiger partial charge in [-0.15, -0.1) is 0 Å². The predicted octanol–water partition coefficient (Wildman–Crippen LogP) is 6.36. The van der Waals surface area contributed by atoms with E-state index in [1.807, 2.05) is 96.4 Å². The summed E-state index contributed by atoms with van der Waals surface area (Å²) in [6, 6.07) is 15.7. The number of aromatic nitrogens is 2. The van der Waals surface area contributed by atoms with E-state index < -0.39 is 11.0 Å². The Kier molecular flexibility index (Phi) is 10.2. The number of amides is 1. The Morgan fingerprint density at radius 3 is 2.72 bits per heavy atom. The number of hydrogen-bond acceptors (Lipinski definition) is 3.